The minimum atomic E-state index is 0.331. The molecule has 84 valence electrons. The van der Waals surface area contributed by atoms with Crippen molar-refractivity contribution >= 4 is 0 Å². The molecule has 1 aromatic carbocycles. The van der Waals surface area contributed by atoms with E-state index in [1.807, 2.05) is 12.1 Å². The van der Waals surface area contributed by atoms with Gasteiger partial charge in [-0.3, -0.25) is 0 Å². The fourth-order valence-electron chi connectivity index (χ4n) is 1.39. The van der Waals surface area contributed by atoms with Gasteiger partial charge in [0.15, 0.2) is 0 Å². The Kier molecular flexibility index (Phi) is 5.86. The first-order valence-electron chi connectivity index (χ1n) is 5.68. The third-order valence-electron chi connectivity index (χ3n) is 2.33. The molecule has 0 fully saturated rings. The highest BCUT2D eigenvalue weighted by Gasteiger charge is 1.94. The molecule has 0 heterocycles. The van der Waals surface area contributed by atoms with Crippen molar-refractivity contribution in [2.24, 2.45) is 0 Å². The average Bonchev–Trinajstić information content (AvgIpc) is 2.26. The maximum atomic E-state index is 9.10. The van der Waals surface area contributed by atoms with Gasteiger partial charge >= 0.3 is 0 Å². The van der Waals surface area contributed by atoms with E-state index in [1.54, 1.807) is 12.1 Å². The van der Waals surface area contributed by atoms with Gasteiger partial charge in [0.05, 0.1) is 0 Å². The van der Waals surface area contributed by atoms with E-state index in [-0.39, 0.29) is 0 Å². The van der Waals surface area contributed by atoms with Gasteiger partial charge in [-0.2, -0.15) is 0 Å². The summed E-state index contributed by atoms with van der Waals surface area (Å²) in [5.74, 6) is 0.331. The summed E-state index contributed by atoms with van der Waals surface area (Å²) in [6.45, 7) is 3.88. The van der Waals surface area contributed by atoms with E-state index >= 15 is 0 Å². The van der Waals surface area contributed by atoms with Gasteiger partial charge in [-0.05, 0) is 37.0 Å². The predicted molar refractivity (Wildman–Crippen MR) is 62.2 cm³/mol. The highest BCUT2D eigenvalue weighted by Crippen LogP contribution is 2.10. The molecule has 0 atom stereocenters. The van der Waals surface area contributed by atoms with Gasteiger partial charge in [0.25, 0.3) is 0 Å². The molecule has 0 aliphatic carbocycles. The average molecular weight is 208 g/mol. The minimum Gasteiger partial charge on any atom is -0.508 e. The lowest BCUT2D eigenvalue weighted by atomic mass is 10.1. The smallest absolute Gasteiger partial charge is 0.115 e. The van der Waals surface area contributed by atoms with Gasteiger partial charge in [-0.1, -0.05) is 25.5 Å². The first kappa shape index (κ1) is 12.1. The lowest BCUT2D eigenvalue weighted by Crippen LogP contribution is -1.98. The van der Waals surface area contributed by atoms with Crippen LogP contribution in [0.3, 0.4) is 0 Å². The fraction of sp³-hybridized carbons (Fsp3) is 0.538. The maximum Gasteiger partial charge on any atom is 0.115 e. The molecule has 0 saturated carbocycles. The van der Waals surface area contributed by atoms with E-state index in [1.165, 1.54) is 12.0 Å². The quantitative estimate of drug-likeness (QED) is 0.697. The number of rotatable bonds is 7. The number of aryl methyl sites for hydroxylation is 1. The number of hydrogen-bond donors (Lipinski definition) is 1. The molecule has 1 N–H and O–H groups in total. The van der Waals surface area contributed by atoms with Gasteiger partial charge < -0.3 is 9.84 Å². The van der Waals surface area contributed by atoms with Crippen LogP contribution in [0.2, 0.25) is 0 Å². The van der Waals surface area contributed by atoms with Crippen molar-refractivity contribution in [3.8, 4) is 5.75 Å². The number of hydrogen-bond acceptors (Lipinski definition) is 2. The maximum absolute atomic E-state index is 9.10. The highest BCUT2D eigenvalue weighted by atomic mass is 16.5. The van der Waals surface area contributed by atoms with Crippen LogP contribution in [0, 0.1) is 0 Å². The monoisotopic (exact) mass is 208 g/mol. The fourth-order valence-corrected chi connectivity index (χ4v) is 1.39. The third kappa shape index (κ3) is 5.43. The molecule has 0 spiro atoms. The lowest BCUT2D eigenvalue weighted by molar-refractivity contribution is 0.129. The SMILES string of the molecule is CCCCOCCCc1ccc(O)cc1. The molecular weight excluding hydrogens is 188 g/mol. The van der Waals surface area contributed by atoms with Crippen LogP contribution >= 0.6 is 0 Å². The van der Waals surface area contributed by atoms with Crippen molar-refractivity contribution in [2.45, 2.75) is 32.6 Å². The van der Waals surface area contributed by atoms with E-state index in [9.17, 15) is 0 Å². The Morgan fingerprint density at radius 3 is 2.40 bits per heavy atom. The zero-order chi connectivity index (χ0) is 10.9. The molecule has 0 amide bonds. The Morgan fingerprint density at radius 1 is 1.07 bits per heavy atom. The molecule has 0 radical (unpaired) electrons. The van der Waals surface area contributed by atoms with Crippen LogP contribution in [-0.2, 0) is 11.2 Å². The number of unbranched alkanes of at least 4 members (excludes halogenated alkanes) is 1. The molecule has 0 saturated heterocycles. The van der Waals surface area contributed by atoms with Crippen LogP contribution < -0.4 is 0 Å². The second-order valence-electron chi connectivity index (χ2n) is 3.74. The van der Waals surface area contributed by atoms with E-state index in [0.29, 0.717) is 5.75 Å². The number of benzene rings is 1. The first-order chi connectivity index (χ1) is 7.33. The highest BCUT2D eigenvalue weighted by molar-refractivity contribution is 5.25. The molecule has 0 bridgehead atoms. The summed E-state index contributed by atoms with van der Waals surface area (Å²) in [5, 5.41) is 9.10. The van der Waals surface area contributed by atoms with Crippen molar-refractivity contribution in [2.75, 3.05) is 13.2 Å². The normalized spacial score (nSPS) is 10.5. The summed E-state index contributed by atoms with van der Waals surface area (Å²) in [6.07, 6.45) is 4.41. The van der Waals surface area contributed by atoms with E-state index in [2.05, 4.69) is 6.92 Å². The summed E-state index contributed by atoms with van der Waals surface area (Å²) < 4.78 is 5.47. The van der Waals surface area contributed by atoms with Crippen LogP contribution in [0.25, 0.3) is 0 Å². The summed E-state index contributed by atoms with van der Waals surface area (Å²) in [5.41, 5.74) is 1.26. The van der Waals surface area contributed by atoms with E-state index in [4.69, 9.17) is 9.84 Å². The first-order valence-corrected chi connectivity index (χ1v) is 5.68. The number of ether oxygens (including phenoxy) is 1. The Hall–Kier alpha value is -1.02. The summed E-state index contributed by atoms with van der Waals surface area (Å²) in [6, 6.07) is 7.38. The predicted octanol–water partition coefficient (Wildman–Crippen LogP) is 3.14. The number of aromatic hydroxyl groups is 1. The zero-order valence-corrected chi connectivity index (χ0v) is 9.41. The van der Waals surface area contributed by atoms with Crippen molar-refractivity contribution < 1.29 is 9.84 Å². The Labute approximate surface area is 91.9 Å². The Bertz CT molecular complexity index is 254. The second kappa shape index (κ2) is 7.30. The third-order valence-corrected chi connectivity index (χ3v) is 2.33. The van der Waals surface area contributed by atoms with Crippen molar-refractivity contribution in [1.82, 2.24) is 0 Å². The van der Waals surface area contributed by atoms with E-state index in [0.717, 1.165) is 32.5 Å². The largest absolute Gasteiger partial charge is 0.508 e. The summed E-state index contributed by atoms with van der Waals surface area (Å²) in [7, 11) is 0. The van der Waals surface area contributed by atoms with Crippen LogP contribution in [0.15, 0.2) is 24.3 Å². The molecule has 1 rings (SSSR count). The molecule has 0 aromatic heterocycles. The molecular formula is C13H20O2. The lowest BCUT2D eigenvalue weighted by Gasteiger charge is -2.03. The van der Waals surface area contributed by atoms with Crippen LogP contribution in [0.5, 0.6) is 5.75 Å². The molecule has 0 aliphatic rings. The molecule has 0 unspecified atom stereocenters. The zero-order valence-electron chi connectivity index (χ0n) is 9.41. The van der Waals surface area contributed by atoms with Crippen molar-refractivity contribution in [3.63, 3.8) is 0 Å². The topological polar surface area (TPSA) is 29.5 Å². The van der Waals surface area contributed by atoms with Gasteiger partial charge in [0.1, 0.15) is 5.75 Å². The summed E-state index contributed by atoms with van der Waals surface area (Å²) in [4.78, 5) is 0. The van der Waals surface area contributed by atoms with Gasteiger partial charge in [-0.15, -0.1) is 0 Å². The second-order valence-corrected chi connectivity index (χ2v) is 3.74. The standard InChI is InChI=1S/C13H20O2/c1-2-3-10-15-11-4-5-12-6-8-13(14)9-7-12/h6-9,14H,2-5,10-11H2,1H3. The minimum absolute atomic E-state index is 0.331. The van der Waals surface area contributed by atoms with E-state index < -0.39 is 0 Å². The van der Waals surface area contributed by atoms with Crippen molar-refractivity contribution in [1.29, 1.82) is 0 Å². The van der Waals surface area contributed by atoms with Crippen molar-refractivity contribution in [3.05, 3.63) is 29.8 Å². The molecule has 1 aromatic rings. The Morgan fingerprint density at radius 2 is 1.73 bits per heavy atom. The number of phenolic OH excluding ortho intramolecular Hbond substituents is 1. The van der Waals surface area contributed by atoms with Crippen LogP contribution in [-0.4, -0.2) is 18.3 Å². The summed E-state index contributed by atoms with van der Waals surface area (Å²) >= 11 is 0. The van der Waals surface area contributed by atoms with Gasteiger partial charge in [0, 0.05) is 13.2 Å². The molecule has 2 heteroatoms. The van der Waals surface area contributed by atoms with Crippen LogP contribution in [0.1, 0.15) is 31.7 Å². The van der Waals surface area contributed by atoms with Gasteiger partial charge in [-0.25, -0.2) is 0 Å². The Balaban J connectivity index is 2.07. The number of phenols is 1. The molecule has 15 heavy (non-hydrogen) atoms. The van der Waals surface area contributed by atoms with Gasteiger partial charge in [0.2, 0.25) is 0 Å². The molecule has 0 aliphatic heterocycles. The van der Waals surface area contributed by atoms with Crippen LogP contribution in [0.4, 0.5) is 0 Å². The molecule has 2 nitrogen and oxygen atoms in total.